The molecule has 0 heterocycles. The Labute approximate surface area is 162 Å². The number of hydrogen-bond acceptors (Lipinski definition) is 3. The van der Waals surface area contributed by atoms with Gasteiger partial charge < -0.3 is 14.8 Å². The molecule has 1 N–H and O–H groups in total. The summed E-state index contributed by atoms with van der Waals surface area (Å²) < 4.78 is 88.1. The molecule has 0 saturated carbocycles. The first-order valence-corrected chi connectivity index (χ1v) is 8.20. The lowest BCUT2D eigenvalue weighted by Crippen LogP contribution is -2.30. The Kier molecular flexibility index (Phi) is 6.78. The van der Waals surface area contributed by atoms with Crippen molar-refractivity contribution in [3.05, 3.63) is 64.7 Å². The number of halogens is 6. The van der Waals surface area contributed by atoms with Gasteiger partial charge in [-0.2, -0.15) is 26.3 Å². The molecule has 158 valence electrons. The SMILES string of the molecule is COc1ccccc1[C@H](CNC(=O)c1cc(C(F)(F)F)cc(C(F)(F)F)c1)OC. The Balaban J connectivity index is 2.27. The van der Waals surface area contributed by atoms with Crippen LogP contribution >= 0.6 is 0 Å². The summed E-state index contributed by atoms with van der Waals surface area (Å²) in [5.41, 5.74) is -3.34. The molecule has 2 aromatic rings. The predicted molar refractivity (Wildman–Crippen MR) is 91.5 cm³/mol. The van der Waals surface area contributed by atoms with Gasteiger partial charge >= 0.3 is 12.4 Å². The zero-order chi connectivity index (χ0) is 21.8. The van der Waals surface area contributed by atoms with E-state index in [0.717, 1.165) is 0 Å². The molecule has 1 amide bonds. The van der Waals surface area contributed by atoms with Gasteiger partial charge in [-0.3, -0.25) is 4.79 Å². The molecule has 0 bridgehead atoms. The zero-order valence-electron chi connectivity index (χ0n) is 15.3. The second-order valence-corrected chi connectivity index (χ2v) is 5.97. The number of ether oxygens (including phenoxy) is 2. The maximum atomic E-state index is 12.9. The van der Waals surface area contributed by atoms with Crippen molar-refractivity contribution in [3.8, 4) is 5.75 Å². The van der Waals surface area contributed by atoms with E-state index in [2.05, 4.69) is 5.32 Å². The van der Waals surface area contributed by atoms with E-state index in [1.807, 2.05) is 0 Å². The van der Waals surface area contributed by atoms with Gasteiger partial charge in [0, 0.05) is 24.8 Å². The highest BCUT2D eigenvalue weighted by Crippen LogP contribution is 2.36. The lowest BCUT2D eigenvalue weighted by Gasteiger charge is -2.19. The second kappa shape index (κ2) is 8.73. The number of rotatable bonds is 6. The van der Waals surface area contributed by atoms with E-state index < -0.39 is 41.1 Å². The number of benzene rings is 2. The minimum atomic E-state index is -5.04. The molecule has 2 rings (SSSR count). The number of carbonyl (C=O) groups excluding carboxylic acids is 1. The third kappa shape index (κ3) is 5.63. The van der Waals surface area contributed by atoms with E-state index in [1.165, 1.54) is 14.2 Å². The Hall–Kier alpha value is -2.75. The maximum absolute atomic E-state index is 12.9. The highest BCUT2D eigenvalue weighted by atomic mass is 19.4. The molecule has 0 aliphatic carbocycles. The topological polar surface area (TPSA) is 47.6 Å². The van der Waals surface area contributed by atoms with Crippen LogP contribution in [0.3, 0.4) is 0 Å². The van der Waals surface area contributed by atoms with Crippen molar-refractivity contribution in [1.29, 1.82) is 0 Å². The van der Waals surface area contributed by atoms with Gasteiger partial charge in [0.1, 0.15) is 11.9 Å². The first-order chi connectivity index (χ1) is 13.5. The van der Waals surface area contributed by atoms with E-state index in [4.69, 9.17) is 9.47 Å². The van der Waals surface area contributed by atoms with Crippen LogP contribution in [0.25, 0.3) is 0 Å². The van der Waals surface area contributed by atoms with Crippen LogP contribution in [0.15, 0.2) is 42.5 Å². The standard InChI is InChI=1S/C19H17F6NO3/c1-28-15-6-4-3-5-14(15)16(29-2)10-26-17(27)11-7-12(18(20,21)22)9-13(8-11)19(23,24)25/h3-9,16H,10H2,1-2H3,(H,26,27)/t16-/m0/s1. The van der Waals surface area contributed by atoms with Crippen molar-refractivity contribution in [1.82, 2.24) is 5.32 Å². The average molecular weight is 421 g/mol. The van der Waals surface area contributed by atoms with Crippen molar-refractivity contribution < 1.29 is 40.6 Å². The molecule has 0 unspecified atom stereocenters. The maximum Gasteiger partial charge on any atom is 0.416 e. The second-order valence-electron chi connectivity index (χ2n) is 5.97. The normalized spacial score (nSPS) is 13.1. The molecule has 29 heavy (non-hydrogen) atoms. The molecule has 0 aliphatic rings. The van der Waals surface area contributed by atoms with E-state index in [9.17, 15) is 31.1 Å². The van der Waals surface area contributed by atoms with Gasteiger partial charge in [0.15, 0.2) is 0 Å². The zero-order valence-corrected chi connectivity index (χ0v) is 15.3. The lowest BCUT2D eigenvalue weighted by atomic mass is 10.0. The fraction of sp³-hybridized carbons (Fsp3) is 0.316. The molecule has 0 radical (unpaired) electrons. The van der Waals surface area contributed by atoms with Crippen LogP contribution in [0.4, 0.5) is 26.3 Å². The first kappa shape index (κ1) is 22.5. The van der Waals surface area contributed by atoms with E-state index in [0.29, 0.717) is 23.4 Å². The van der Waals surface area contributed by atoms with Gasteiger partial charge in [0.25, 0.3) is 5.91 Å². The molecule has 1 atom stereocenters. The van der Waals surface area contributed by atoms with Crippen LogP contribution in [0.5, 0.6) is 5.75 Å². The quantitative estimate of drug-likeness (QED) is 0.679. The highest BCUT2D eigenvalue weighted by molar-refractivity contribution is 5.94. The third-order valence-electron chi connectivity index (χ3n) is 4.07. The predicted octanol–water partition coefficient (Wildman–Crippen LogP) is 4.85. The molecule has 0 aromatic heterocycles. The Morgan fingerprint density at radius 1 is 0.966 bits per heavy atom. The highest BCUT2D eigenvalue weighted by Gasteiger charge is 2.37. The molecule has 0 spiro atoms. The summed E-state index contributed by atoms with van der Waals surface area (Å²) in [6, 6.07) is 7.40. The van der Waals surface area contributed by atoms with Crippen LogP contribution in [0.2, 0.25) is 0 Å². The van der Waals surface area contributed by atoms with Crippen LogP contribution in [0.1, 0.15) is 33.2 Å². The molecule has 0 fully saturated rings. The summed E-state index contributed by atoms with van der Waals surface area (Å²) in [5.74, 6) is -0.648. The van der Waals surface area contributed by atoms with Gasteiger partial charge in [-0.15, -0.1) is 0 Å². The monoisotopic (exact) mass is 421 g/mol. The van der Waals surface area contributed by atoms with Gasteiger partial charge in [0.2, 0.25) is 0 Å². The first-order valence-electron chi connectivity index (χ1n) is 8.20. The molecule has 0 saturated heterocycles. The third-order valence-corrected chi connectivity index (χ3v) is 4.07. The van der Waals surface area contributed by atoms with Crippen molar-refractivity contribution in [2.45, 2.75) is 18.5 Å². The Morgan fingerprint density at radius 3 is 2.00 bits per heavy atom. The number of amides is 1. The fourth-order valence-corrected chi connectivity index (χ4v) is 2.63. The van der Waals surface area contributed by atoms with Gasteiger partial charge in [-0.1, -0.05) is 18.2 Å². The lowest BCUT2D eigenvalue weighted by molar-refractivity contribution is -0.143. The van der Waals surface area contributed by atoms with Gasteiger partial charge in [-0.05, 0) is 24.3 Å². The number of hydrogen-bond donors (Lipinski definition) is 1. The number of para-hydroxylation sites is 1. The van der Waals surface area contributed by atoms with E-state index in [-0.39, 0.29) is 12.6 Å². The molecule has 4 nitrogen and oxygen atoms in total. The fourth-order valence-electron chi connectivity index (χ4n) is 2.63. The Morgan fingerprint density at radius 2 is 1.52 bits per heavy atom. The van der Waals surface area contributed by atoms with Crippen molar-refractivity contribution in [2.75, 3.05) is 20.8 Å². The summed E-state index contributed by atoms with van der Waals surface area (Å²) in [6.45, 7) is -0.201. The van der Waals surface area contributed by atoms with Gasteiger partial charge in [-0.25, -0.2) is 0 Å². The van der Waals surface area contributed by atoms with Crippen LogP contribution in [-0.4, -0.2) is 26.7 Å². The van der Waals surface area contributed by atoms with Crippen LogP contribution in [-0.2, 0) is 17.1 Å². The largest absolute Gasteiger partial charge is 0.496 e. The molecule has 2 aromatic carbocycles. The minimum absolute atomic E-state index is 0.0381. The summed E-state index contributed by atoms with van der Waals surface area (Å²) >= 11 is 0. The molecule has 10 heteroatoms. The summed E-state index contributed by atoms with van der Waals surface area (Å²) in [6.07, 6.45) is -10.8. The summed E-state index contributed by atoms with van der Waals surface area (Å²) in [5, 5.41) is 2.30. The Bertz CT molecular complexity index is 832. The van der Waals surface area contributed by atoms with Crippen molar-refractivity contribution in [2.24, 2.45) is 0 Å². The van der Waals surface area contributed by atoms with E-state index >= 15 is 0 Å². The van der Waals surface area contributed by atoms with Crippen LogP contribution < -0.4 is 10.1 Å². The summed E-state index contributed by atoms with van der Waals surface area (Å²) in [4.78, 5) is 12.3. The van der Waals surface area contributed by atoms with Crippen molar-refractivity contribution in [3.63, 3.8) is 0 Å². The number of nitrogens with one attached hydrogen (secondary N) is 1. The smallest absolute Gasteiger partial charge is 0.416 e. The van der Waals surface area contributed by atoms with Crippen molar-refractivity contribution >= 4 is 5.91 Å². The molecular formula is C19H17F6NO3. The molecular weight excluding hydrogens is 404 g/mol. The van der Waals surface area contributed by atoms with Gasteiger partial charge in [0.05, 0.1) is 18.2 Å². The number of alkyl halides is 6. The minimum Gasteiger partial charge on any atom is -0.496 e. The molecule has 0 aliphatic heterocycles. The number of carbonyl (C=O) groups is 1. The average Bonchev–Trinajstić information content (AvgIpc) is 2.66. The summed E-state index contributed by atoms with van der Waals surface area (Å²) in [7, 11) is 2.76. The van der Waals surface area contributed by atoms with E-state index in [1.54, 1.807) is 24.3 Å². The van der Waals surface area contributed by atoms with Crippen LogP contribution in [0, 0.1) is 0 Å². The number of methoxy groups -OCH3 is 2.